The van der Waals surface area contributed by atoms with Crippen molar-refractivity contribution in [2.45, 2.75) is 110 Å². The van der Waals surface area contributed by atoms with Crippen LogP contribution in [-0.4, -0.2) is 122 Å². The van der Waals surface area contributed by atoms with E-state index in [4.69, 9.17) is 47.4 Å². The molecule has 2 rings (SSSR count). The van der Waals surface area contributed by atoms with Gasteiger partial charge >= 0.3 is 41.8 Å². The SMILES string of the molecule is CC(=O)OC[C@@H]1O[C@@H](O)[C@H](OC(C)=O)[C@@H](OC(C)=O)[C@@H]1O[C@H]1O[C@H](COC(C)=O)[C@@H](OC(C)=O)[C@H](OC(C)=O)[C@H]1OC(C)=O. The summed E-state index contributed by atoms with van der Waals surface area (Å²) >= 11 is 0. The minimum Gasteiger partial charge on any atom is -0.463 e. The summed E-state index contributed by atoms with van der Waals surface area (Å²) in [5.74, 6) is -6.03. The van der Waals surface area contributed by atoms with Gasteiger partial charge in [0.25, 0.3) is 0 Å². The minimum atomic E-state index is -1.90. The van der Waals surface area contributed by atoms with E-state index in [0.717, 1.165) is 48.5 Å². The van der Waals surface area contributed by atoms with Crippen molar-refractivity contribution in [3.63, 3.8) is 0 Å². The topological polar surface area (TPSA) is 232 Å². The standard InChI is InChI=1S/C26H36O18/c1-10(27)35-8-17-20(21(38-13(4)30)23(25(34)42-17)40-15(6)32)44-26-24(41-16(7)33)22(39-14(5)31)19(37-12(3)29)18(43-26)9-36-11(2)28/h17-26,34H,8-9H2,1-7H3/t17-,18+,19+,20+,21-,22-,23+,24+,25+,26+/m0/s1. The van der Waals surface area contributed by atoms with Crippen LogP contribution >= 0.6 is 0 Å². The molecule has 1 N–H and O–H groups in total. The fourth-order valence-electron chi connectivity index (χ4n) is 4.49. The summed E-state index contributed by atoms with van der Waals surface area (Å²) in [5, 5.41) is 10.6. The highest BCUT2D eigenvalue weighted by Gasteiger charge is 2.57. The van der Waals surface area contributed by atoms with Crippen LogP contribution in [0.3, 0.4) is 0 Å². The van der Waals surface area contributed by atoms with Gasteiger partial charge in [-0.3, -0.25) is 33.6 Å². The Morgan fingerprint density at radius 1 is 0.477 bits per heavy atom. The smallest absolute Gasteiger partial charge is 0.303 e. The summed E-state index contributed by atoms with van der Waals surface area (Å²) in [7, 11) is 0. The van der Waals surface area contributed by atoms with Crippen LogP contribution in [-0.2, 0) is 80.9 Å². The van der Waals surface area contributed by atoms with E-state index in [9.17, 15) is 38.7 Å². The highest BCUT2D eigenvalue weighted by Crippen LogP contribution is 2.34. The number of hydrogen-bond acceptors (Lipinski definition) is 18. The molecule has 248 valence electrons. The van der Waals surface area contributed by atoms with Gasteiger partial charge in [-0.05, 0) is 0 Å². The van der Waals surface area contributed by atoms with E-state index in [0.29, 0.717) is 0 Å². The molecule has 2 heterocycles. The van der Waals surface area contributed by atoms with Crippen molar-refractivity contribution in [1.82, 2.24) is 0 Å². The van der Waals surface area contributed by atoms with E-state index >= 15 is 0 Å². The van der Waals surface area contributed by atoms with Gasteiger partial charge in [0.1, 0.15) is 31.5 Å². The summed E-state index contributed by atoms with van der Waals surface area (Å²) in [6.07, 6.45) is -16.3. The molecule has 0 radical (unpaired) electrons. The maximum atomic E-state index is 12.2. The molecule has 10 atom stereocenters. The molecule has 2 aliphatic heterocycles. The third-order valence-corrected chi connectivity index (χ3v) is 5.90. The van der Waals surface area contributed by atoms with Crippen LogP contribution in [0, 0.1) is 0 Å². The first-order chi connectivity index (χ1) is 20.5. The number of hydrogen-bond donors (Lipinski definition) is 1. The molecular weight excluding hydrogens is 600 g/mol. The van der Waals surface area contributed by atoms with Crippen molar-refractivity contribution in [3.05, 3.63) is 0 Å². The first-order valence-electron chi connectivity index (χ1n) is 13.3. The zero-order valence-corrected chi connectivity index (χ0v) is 25.1. The summed E-state index contributed by atoms with van der Waals surface area (Å²) in [6, 6.07) is 0. The lowest BCUT2D eigenvalue weighted by Crippen LogP contribution is -2.67. The molecule has 0 saturated carbocycles. The van der Waals surface area contributed by atoms with E-state index in [1.807, 2.05) is 0 Å². The van der Waals surface area contributed by atoms with Gasteiger partial charge in [-0.1, -0.05) is 0 Å². The normalized spacial score (nSPS) is 31.5. The Balaban J connectivity index is 2.66. The average Bonchev–Trinajstić information content (AvgIpc) is 2.87. The molecule has 0 aromatic carbocycles. The highest BCUT2D eigenvalue weighted by molar-refractivity contribution is 5.69. The third-order valence-electron chi connectivity index (χ3n) is 5.90. The first-order valence-corrected chi connectivity index (χ1v) is 13.3. The predicted octanol–water partition coefficient (Wildman–Crippen LogP) is -1.40. The van der Waals surface area contributed by atoms with Gasteiger partial charge in [-0.2, -0.15) is 0 Å². The fourth-order valence-corrected chi connectivity index (χ4v) is 4.49. The summed E-state index contributed by atoms with van der Waals surface area (Å²) in [4.78, 5) is 83.5. The quantitative estimate of drug-likeness (QED) is 0.203. The van der Waals surface area contributed by atoms with E-state index < -0.39 is 116 Å². The van der Waals surface area contributed by atoms with Crippen LogP contribution in [0.5, 0.6) is 0 Å². The van der Waals surface area contributed by atoms with Crippen LogP contribution in [0.25, 0.3) is 0 Å². The largest absolute Gasteiger partial charge is 0.463 e. The second-order valence-electron chi connectivity index (χ2n) is 9.68. The molecule has 0 unspecified atom stereocenters. The van der Waals surface area contributed by atoms with Crippen LogP contribution < -0.4 is 0 Å². The van der Waals surface area contributed by atoms with Crippen LogP contribution in [0.2, 0.25) is 0 Å². The number of esters is 7. The zero-order valence-electron chi connectivity index (χ0n) is 25.1. The zero-order chi connectivity index (χ0) is 33.3. The minimum absolute atomic E-state index is 0.572. The molecule has 0 bridgehead atoms. The Hall–Kier alpha value is -3.87. The van der Waals surface area contributed by atoms with Crippen LogP contribution in [0.1, 0.15) is 48.5 Å². The Labute approximate surface area is 251 Å². The van der Waals surface area contributed by atoms with Crippen molar-refractivity contribution in [2.24, 2.45) is 0 Å². The second kappa shape index (κ2) is 16.3. The van der Waals surface area contributed by atoms with Gasteiger partial charge in [0.15, 0.2) is 43.1 Å². The van der Waals surface area contributed by atoms with Crippen molar-refractivity contribution >= 4 is 41.8 Å². The van der Waals surface area contributed by atoms with E-state index in [-0.39, 0.29) is 0 Å². The fraction of sp³-hybridized carbons (Fsp3) is 0.731. The van der Waals surface area contributed by atoms with E-state index in [1.165, 1.54) is 0 Å². The number of ether oxygens (including phenoxy) is 10. The monoisotopic (exact) mass is 636 g/mol. The summed E-state index contributed by atoms with van der Waals surface area (Å²) < 4.78 is 54.1. The van der Waals surface area contributed by atoms with Gasteiger partial charge in [-0.15, -0.1) is 0 Å². The van der Waals surface area contributed by atoms with Gasteiger partial charge in [-0.25, -0.2) is 0 Å². The summed E-state index contributed by atoms with van der Waals surface area (Å²) in [6.45, 7) is 6.11. The molecule has 44 heavy (non-hydrogen) atoms. The van der Waals surface area contributed by atoms with Crippen LogP contribution in [0.4, 0.5) is 0 Å². The molecule has 18 heteroatoms. The van der Waals surface area contributed by atoms with Crippen molar-refractivity contribution < 1.29 is 86.0 Å². The Bertz CT molecular complexity index is 1090. The van der Waals surface area contributed by atoms with E-state index in [1.54, 1.807) is 0 Å². The average molecular weight is 637 g/mol. The third kappa shape index (κ3) is 10.7. The lowest BCUT2D eigenvalue weighted by molar-refractivity contribution is -0.357. The van der Waals surface area contributed by atoms with Gasteiger partial charge < -0.3 is 52.5 Å². The number of carbonyl (C=O) groups excluding carboxylic acids is 7. The number of aliphatic hydroxyl groups is 1. The lowest BCUT2D eigenvalue weighted by Gasteiger charge is -2.48. The molecule has 0 amide bonds. The molecule has 18 nitrogen and oxygen atoms in total. The van der Waals surface area contributed by atoms with Gasteiger partial charge in [0.2, 0.25) is 0 Å². The Morgan fingerprint density at radius 2 is 0.841 bits per heavy atom. The van der Waals surface area contributed by atoms with Crippen molar-refractivity contribution in [2.75, 3.05) is 13.2 Å². The number of aliphatic hydroxyl groups excluding tert-OH is 1. The molecule has 0 aliphatic carbocycles. The number of carbonyl (C=O) groups is 7. The molecule has 2 fully saturated rings. The number of rotatable bonds is 11. The predicted molar refractivity (Wildman–Crippen MR) is 135 cm³/mol. The molecule has 2 saturated heterocycles. The molecule has 0 aromatic heterocycles. The Kier molecular flexibility index (Phi) is 13.4. The van der Waals surface area contributed by atoms with Crippen LogP contribution in [0.15, 0.2) is 0 Å². The van der Waals surface area contributed by atoms with E-state index in [2.05, 4.69) is 0 Å². The highest BCUT2D eigenvalue weighted by atomic mass is 16.8. The molecular formula is C26H36O18. The molecule has 0 spiro atoms. The lowest BCUT2D eigenvalue weighted by atomic mass is 9.96. The maximum Gasteiger partial charge on any atom is 0.303 e. The second-order valence-corrected chi connectivity index (χ2v) is 9.68. The molecule has 0 aromatic rings. The van der Waals surface area contributed by atoms with Crippen molar-refractivity contribution in [1.29, 1.82) is 0 Å². The Morgan fingerprint density at radius 3 is 1.27 bits per heavy atom. The first kappa shape index (κ1) is 36.3. The maximum absolute atomic E-state index is 12.2. The van der Waals surface area contributed by atoms with Gasteiger partial charge in [0, 0.05) is 48.5 Å². The molecule has 2 aliphatic rings. The summed E-state index contributed by atoms with van der Waals surface area (Å²) in [5.41, 5.74) is 0. The van der Waals surface area contributed by atoms with Crippen molar-refractivity contribution in [3.8, 4) is 0 Å². The van der Waals surface area contributed by atoms with Gasteiger partial charge in [0.05, 0.1) is 0 Å².